The van der Waals surface area contributed by atoms with Crippen LogP contribution in [0, 0.1) is 0 Å². The standard InChI is InChI=1S/C29H25BrN6OS/c1-20(28(37)34-32-18-21-14-16-23(30)17-15-21)38-29-35-33-27(36(29)24-10-3-2-4-11-24)19-31-26-13-7-9-22-8-5-6-12-25(22)26/h2-18,20,31H,19H2,1H3,(H,34,37). The number of para-hydroxylation sites is 1. The van der Waals surface area contributed by atoms with E-state index >= 15 is 0 Å². The summed E-state index contributed by atoms with van der Waals surface area (Å²) in [6.45, 7) is 2.29. The fourth-order valence-corrected chi connectivity index (χ4v) is 5.05. The SMILES string of the molecule is CC(Sc1nnc(CNc2cccc3ccccc23)n1-c1ccccc1)C(=O)NN=Cc1ccc(Br)cc1. The second-order valence-corrected chi connectivity index (χ2v) is 10.7. The van der Waals surface area contributed by atoms with Gasteiger partial charge in [-0.1, -0.05) is 94.4 Å². The minimum atomic E-state index is -0.442. The van der Waals surface area contributed by atoms with E-state index in [0.717, 1.165) is 32.6 Å². The van der Waals surface area contributed by atoms with Gasteiger partial charge in [0.05, 0.1) is 18.0 Å². The van der Waals surface area contributed by atoms with E-state index in [1.807, 2.05) is 84.3 Å². The van der Waals surface area contributed by atoms with Crippen molar-refractivity contribution in [1.29, 1.82) is 0 Å². The number of hydrazone groups is 1. The van der Waals surface area contributed by atoms with E-state index in [4.69, 9.17) is 0 Å². The van der Waals surface area contributed by atoms with Crippen LogP contribution in [-0.4, -0.2) is 32.1 Å². The molecule has 0 aliphatic carbocycles. The van der Waals surface area contributed by atoms with E-state index in [1.165, 1.54) is 17.1 Å². The van der Waals surface area contributed by atoms with Gasteiger partial charge in [0.1, 0.15) is 0 Å². The zero-order chi connectivity index (χ0) is 26.3. The molecule has 0 spiro atoms. The van der Waals surface area contributed by atoms with Crippen molar-refractivity contribution in [2.45, 2.75) is 23.9 Å². The largest absolute Gasteiger partial charge is 0.377 e. The first kappa shape index (κ1) is 25.7. The predicted octanol–water partition coefficient (Wildman–Crippen LogP) is 6.43. The number of anilines is 1. The number of carbonyl (C=O) groups is 1. The van der Waals surface area contributed by atoms with Gasteiger partial charge in [0.25, 0.3) is 5.91 Å². The van der Waals surface area contributed by atoms with Crippen molar-refractivity contribution in [2.75, 3.05) is 5.32 Å². The molecule has 190 valence electrons. The summed E-state index contributed by atoms with van der Waals surface area (Å²) in [7, 11) is 0. The van der Waals surface area contributed by atoms with Crippen LogP contribution in [0.2, 0.25) is 0 Å². The number of rotatable bonds is 9. The summed E-state index contributed by atoms with van der Waals surface area (Å²) < 4.78 is 2.97. The van der Waals surface area contributed by atoms with Gasteiger partial charge in [0.2, 0.25) is 0 Å². The van der Waals surface area contributed by atoms with Crippen molar-refractivity contribution >= 4 is 56.3 Å². The molecule has 0 saturated heterocycles. The molecule has 1 heterocycles. The van der Waals surface area contributed by atoms with Crippen LogP contribution in [0.5, 0.6) is 0 Å². The quantitative estimate of drug-likeness (QED) is 0.118. The molecule has 7 nitrogen and oxygen atoms in total. The van der Waals surface area contributed by atoms with Gasteiger partial charge in [-0.2, -0.15) is 5.10 Å². The summed E-state index contributed by atoms with van der Waals surface area (Å²) in [6, 6.07) is 32.0. The number of fused-ring (bicyclic) bond motifs is 1. The molecule has 5 rings (SSSR count). The lowest BCUT2D eigenvalue weighted by atomic mass is 10.1. The van der Waals surface area contributed by atoms with E-state index in [9.17, 15) is 4.79 Å². The monoisotopic (exact) mass is 584 g/mol. The maximum Gasteiger partial charge on any atom is 0.253 e. The molecule has 1 aromatic heterocycles. The van der Waals surface area contributed by atoms with Crippen molar-refractivity contribution in [2.24, 2.45) is 5.10 Å². The topological polar surface area (TPSA) is 84.2 Å². The number of halogens is 1. The number of nitrogens with zero attached hydrogens (tertiary/aromatic N) is 4. The van der Waals surface area contributed by atoms with Gasteiger partial charge in [-0.3, -0.25) is 9.36 Å². The van der Waals surface area contributed by atoms with Crippen LogP contribution in [0.25, 0.3) is 16.5 Å². The molecule has 0 aliphatic rings. The summed E-state index contributed by atoms with van der Waals surface area (Å²) >= 11 is 4.74. The minimum absolute atomic E-state index is 0.221. The van der Waals surface area contributed by atoms with E-state index in [-0.39, 0.29) is 5.91 Å². The Labute approximate surface area is 233 Å². The van der Waals surface area contributed by atoms with Crippen LogP contribution in [0.4, 0.5) is 5.69 Å². The highest BCUT2D eigenvalue weighted by Gasteiger charge is 2.21. The molecule has 0 bridgehead atoms. The molecule has 2 N–H and O–H groups in total. The third kappa shape index (κ3) is 6.12. The third-order valence-corrected chi connectivity index (χ3v) is 7.42. The van der Waals surface area contributed by atoms with Gasteiger partial charge < -0.3 is 5.32 Å². The summed E-state index contributed by atoms with van der Waals surface area (Å²) in [6.07, 6.45) is 1.62. The maximum atomic E-state index is 12.8. The van der Waals surface area contributed by atoms with Crippen molar-refractivity contribution < 1.29 is 4.79 Å². The summed E-state index contributed by atoms with van der Waals surface area (Å²) in [4.78, 5) is 12.8. The normalized spacial score (nSPS) is 12.1. The highest BCUT2D eigenvalue weighted by Crippen LogP contribution is 2.27. The Kier molecular flexibility index (Phi) is 8.15. The highest BCUT2D eigenvalue weighted by atomic mass is 79.9. The van der Waals surface area contributed by atoms with Crippen LogP contribution in [0.3, 0.4) is 0 Å². The summed E-state index contributed by atoms with van der Waals surface area (Å²) in [5.41, 5.74) is 5.46. The van der Waals surface area contributed by atoms with E-state index < -0.39 is 5.25 Å². The fraction of sp³-hybridized carbons (Fsp3) is 0.103. The predicted molar refractivity (Wildman–Crippen MR) is 158 cm³/mol. The van der Waals surface area contributed by atoms with E-state index in [0.29, 0.717) is 11.7 Å². The first-order valence-electron chi connectivity index (χ1n) is 12.0. The van der Waals surface area contributed by atoms with E-state index in [1.54, 1.807) is 6.21 Å². The van der Waals surface area contributed by atoms with Gasteiger partial charge >= 0.3 is 0 Å². The number of amides is 1. The molecule has 0 saturated carbocycles. The van der Waals surface area contributed by atoms with Gasteiger partial charge in [0.15, 0.2) is 11.0 Å². The molecule has 0 aliphatic heterocycles. The molecule has 4 aromatic carbocycles. The lowest BCUT2D eigenvalue weighted by Gasteiger charge is -2.14. The van der Waals surface area contributed by atoms with Gasteiger partial charge in [-0.25, -0.2) is 5.43 Å². The molecule has 1 amide bonds. The van der Waals surface area contributed by atoms with Crippen LogP contribution in [0.15, 0.2) is 112 Å². The number of nitrogens with one attached hydrogen (secondary N) is 2. The molecular formula is C29H25BrN6OS. The molecule has 5 aromatic rings. The Morgan fingerprint density at radius 3 is 2.53 bits per heavy atom. The van der Waals surface area contributed by atoms with Gasteiger partial charge in [0, 0.05) is 21.2 Å². The number of carbonyl (C=O) groups excluding carboxylic acids is 1. The first-order chi connectivity index (χ1) is 18.6. The molecule has 0 radical (unpaired) electrons. The second-order valence-electron chi connectivity index (χ2n) is 8.50. The number of benzene rings is 4. The Hall–Kier alpha value is -3.95. The number of hydrogen-bond donors (Lipinski definition) is 2. The smallest absolute Gasteiger partial charge is 0.253 e. The Morgan fingerprint density at radius 1 is 0.974 bits per heavy atom. The van der Waals surface area contributed by atoms with Gasteiger partial charge in [-0.15, -0.1) is 10.2 Å². The van der Waals surface area contributed by atoms with Crippen molar-refractivity contribution in [3.05, 3.63) is 113 Å². The highest BCUT2D eigenvalue weighted by molar-refractivity contribution is 9.10. The lowest BCUT2D eigenvalue weighted by Crippen LogP contribution is -2.27. The van der Waals surface area contributed by atoms with Crippen molar-refractivity contribution in [3.63, 3.8) is 0 Å². The number of hydrogen-bond acceptors (Lipinski definition) is 6. The fourth-order valence-electron chi connectivity index (χ4n) is 3.90. The average Bonchev–Trinajstić information content (AvgIpc) is 3.35. The third-order valence-electron chi connectivity index (χ3n) is 5.85. The van der Waals surface area contributed by atoms with Crippen LogP contribution in [-0.2, 0) is 11.3 Å². The number of thioether (sulfide) groups is 1. The molecular weight excluding hydrogens is 560 g/mol. The van der Waals surface area contributed by atoms with Gasteiger partial charge in [-0.05, 0) is 48.2 Å². The van der Waals surface area contributed by atoms with Crippen molar-refractivity contribution in [1.82, 2.24) is 20.2 Å². The van der Waals surface area contributed by atoms with Crippen LogP contribution >= 0.6 is 27.7 Å². The minimum Gasteiger partial charge on any atom is -0.377 e. The number of aromatic nitrogens is 3. The Balaban J connectivity index is 1.32. The van der Waals surface area contributed by atoms with Crippen molar-refractivity contribution in [3.8, 4) is 5.69 Å². The second kappa shape index (κ2) is 12.1. The average molecular weight is 586 g/mol. The maximum absolute atomic E-state index is 12.8. The van der Waals surface area contributed by atoms with E-state index in [2.05, 4.69) is 66.2 Å². The Morgan fingerprint density at radius 2 is 1.71 bits per heavy atom. The Bertz CT molecular complexity index is 1560. The first-order valence-corrected chi connectivity index (χ1v) is 13.7. The van der Waals surface area contributed by atoms with Crippen LogP contribution in [0.1, 0.15) is 18.3 Å². The zero-order valence-electron chi connectivity index (χ0n) is 20.6. The molecule has 0 fully saturated rings. The summed E-state index contributed by atoms with van der Waals surface area (Å²) in [5, 5.41) is 19.0. The zero-order valence-corrected chi connectivity index (χ0v) is 23.0. The molecule has 38 heavy (non-hydrogen) atoms. The lowest BCUT2D eigenvalue weighted by molar-refractivity contribution is -0.120. The molecule has 1 atom stereocenters. The molecule has 9 heteroatoms. The molecule has 1 unspecified atom stereocenters. The summed E-state index contributed by atoms with van der Waals surface area (Å²) in [5.74, 6) is 0.522. The van der Waals surface area contributed by atoms with Crippen LogP contribution < -0.4 is 10.7 Å².